The third kappa shape index (κ3) is 5.30. The molecule has 8 heteroatoms. The molecule has 2 aromatic heterocycles. The Hall–Kier alpha value is -2.45. The van der Waals surface area contributed by atoms with Gasteiger partial charge in [0.1, 0.15) is 16.2 Å². The number of hydrogen-bond acceptors (Lipinski definition) is 6. The third-order valence-electron chi connectivity index (χ3n) is 4.16. The number of benzene rings is 1. The highest BCUT2D eigenvalue weighted by Crippen LogP contribution is 2.37. The van der Waals surface area contributed by atoms with Gasteiger partial charge < -0.3 is 10.4 Å². The van der Waals surface area contributed by atoms with Crippen LogP contribution in [0.2, 0.25) is 0 Å². The second kappa shape index (κ2) is 9.66. The smallest absolute Gasteiger partial charge is 0.303 e. The van der Waals surface area contributed by atoms with Crippen molar-refractivity contribution in [2.24, 2.45) is 0 Å². The van der Waals surface area contributed by atoms with Gasteiger partial charge in [0.15, 0.2) is 0 Å². The Kier molecular flexibility index (Phi) is 7.00. The number of nitrogens with one attached hydrogen (secondary N) is 1. The Morgan fingerprint density at radius 1 is 1.18 bits per heavy atom. The summed E-state index contributed by atoms with van der Waals surface area (Å²) >= 11 is 3.13. The van der Waals surface area contributed by atoms with Gasteiger partial charge >= 0.3 is 5.97 Å². The number of aromatic nitrogens is 2. The molecular weight excluding hydrogens is 394 g/mol. The van der Waals surface area contributed by atoms with E-state index in [4.69, 9.17) is 5.11 Å². The van der Waals surface area contributed by atoms with E-state index in [0.29, 0.717) is 25.1 Å². The summed E-state index contributed by atoms with van der Waals surface area (Å²) in [5, 5.41) is 15.4. The molecule has 0 radical (unpaired) electrons. The first-order valence-electron chi connectivity index (χ1n) is 8.95. The Bertz CT molecular complexity index is 970. The van der Waals surface area contributed by atoms with E-state index in [1.54, 1.807) is 17.7 Å². The van der Waals surface area contributed by atoms with Crippen molar-refractivity contribution >= 4 is 45.2 Å². The van der Waals surface area contributed by atoms with Gasteiger partial charge in [0.2, 0.25) is 5.91 Å². The summed E-state index contributed by atoms with van der Waals surface area (Å²) in [6, 6.07) is 8.37. The normalized spacial score (nSPS) is 10.9. The number of rotatable bonds is 9. The number of thiophene rings is 1. The van der Waals surface area contributed by atoms with Crippen LogP contribution in [0.4, 0.5) is 0 Å². The van der Waals surface area contributed by atoms with Crippen molar-refractivity contribution < 1.29 is 14.7 Å². The number of aliphatic carboxylic acids is 1. The van der Waals surface area contributed by atoms with Gasteiger partial charge in [-0.25, -0.2) is 9.97 Å². The zero-order valence-electron chi connectivity index (χ0n) is 15.5. The summed E-state index contributed by atoms with van der Waals surface area (Å²) < 4.78 is 0. The van der Waals surface area contributed by atoms with E-state index >= 15 is 0 Å². The average Bonchev–Trinajstić information content (AvgIpc) is 3.11. The predicted molar refractivity (Wildman–Crippen MR) is 113 cm³/mol. The molecular formula is C20H21N3O3S2. The van der Waals surface area contributed by atoms with Gasteiger partial charge in [-0.05, 0) is 18.9 Å². The molecule has 28 heavy (non-hydrogen) atoms. The molecule has 0 aliphatic heterocycles. The van der Waals surface area contributed by atoms with Gasteiger partial charge in [0, 0.05) is 36.1 Å². The van der Waals surface area contributed by atoms with Crippen LogP contribution in [-0.2, 0) is 9.59 Å². The highest BCUT2D eigenvalue weighted by molar-refractivity contribution is 7.99. The zero-order chi connectivity index (χ0) is 19.9. The maximum atomic E-state index is 11.9. The number of carbonyl (C=O) groups is 2. The average molecular weight is 416 g/mol. The van der Waals surface area contributed by atoms with Gasteiger partial charge in [0.05, 0.1) is 5.39 Å². The van der Waals surface area contributed by atoms with Crippen LogP contribution in [0.25, 0.3) is 21.3 Å². The predicted octanol–water partition coefficient (Wildman–Crippen LogP) is 4.13. The van der Waals surface area contributed by atoms with Crippen molar-refractivity contribution in [2.45, 2.75) is 31.2 Å². The zero-order valence-corrected chi connectivity index (χ0v) is 17.1. The molecule has 3 aromatic rings. The SMILES string of the molecule is Cc1ccc(-c2csc3ncnc(SCCC(=O)NCCCC(=O)O)c23)cc1. The first kappa shape index (κ1) is 20.3. The molecule has 0 aliphatic rings. The van der Waals surface area contributed by atoms with Crippen LogP contribution in [0.1, 0.15) is 24.8 Å². The molecule has 0 atom stereocenters. The summed E-state index contributed by atoms with van der Waals surface area (Å²) in [5.74, 6) is -0.329. The fourth-order valence-electron chi connectivity index (χ4n) is 2.70. The topological polar surface area (TPSA) is 92.2 Å². The number of hydrogen-bond donors (Lipinski definition) is 2. The molecule has 146 valence electrons. The number of fused-ring (bicyclic) bond motifs is 1. The second-order valence-electron chi connectivity index (χ2n) is 6.32. The molecule has 0 spiro atoms. The Labute approximate surface area is 171 Å². The quantitative estimate of drug-likeness (QED) is 0.310. The van der Waals surface area contributed by atoms with E-state index in [1.807, 2.05) is 0 Å². The molecule has 0 saturated carbocycles. The highest BCUT2D eigenvalue weighted by atomic mass is 32.2. The van der Waals surface area contributed by atoms with Crippen molar-refractivity contribution in [1.82, 2.24) is 15.3 Å². The van der Waals surface area contributed by atoms with Gasteiger partial charge in [-0.2, -0.15) is 0 Å². The van der Waals surface area contributed by atoms with Crippen LogP contribution in [-0.4, -0.2) is 39.2 Å². The van der Waals surface area contributed by atoms with Crippen molar-refractivity contribution in [3.05, 3.63) is 41.5 Å². The molecule has 3 rings (SSSR count). The van der Waals surface area contributed by atoms with Crippen molar-refractivity contribution in [1.29, 1.82) is 0 Å². The lowest BCUT2D eigenvalue weighted by Gasteiger charge is -2.06. The van der Waals surface area contributed by atoms with Crippen molar-refractivity contribution in [3.8, 4) is 11.1 Å². The van der Waals surface area contributed by atoms with Crippen molar-refractivity contribution in [3.63, 3.8) is 0 Å². The first-order chi connectivity index (χ1) is 13.5. The number of amides is 1. The monoisotopic (exact) mass is 415 g/mol. The minimum atomic E-state index is -0.849. The summed E-state index contributed by atoms with van der Waals surface area (Å²) in [6.45, 7) is 2.45. The Morgan fingerprint density at radius 3 is 2.71 bits per heavy atom. The lowest BCUT2D eigenvalue weighted by molar-refractivity contribution is -0.137. The van der Waals surface area contributed by atoms with Crippen LogP contribution in [0.3, 0.4) is 0 Å². The van der Waals surface area contributed by atoms with Crippen LogP contribution >= 0.6 is 23.1 Å². The molecule has 1 amide bonds. The molecule has 0 saturated heterocycles. The maximum Gasteiger partial charge on any atom is 0.303 e. The Balaban J connectivity index is 1.63. The van der Waals surface area contributed by atoms with E-state index in [2.05, 4.69) is 51.9 Å². The molecule has 2 heterocycles. The molecule has 0 fully saturated rings. The summed E-state index contributed by atoms with van der Waals surface area (Å²) in [7, 11) is 0. The van der Waals surface area contributed by atoms with Crippen LogP contribution in [0.5, 0.6) is 0 Å². The van der Waals surface area contributed by atoms with Gasteiger partial charge in [-0.15, -0.1) is 23.1 Å². The lowest BCUT2D eigenvalue weighted by atomic mass is 10.1. The third-order valence-corrected chi connectivity index (χ3v) is 6.03. The van der Waals surface area contributed by atoms with E-state index < -0.39 is 5.97 Å². The fraction of sp³-hybridized carbons (Fsp3) is 0.300. The van der Waals surface area contributed by atoms with Gasteiger partial charge in [-0.1, -0.05) is 29.8 Å². The maximum absolute atomic E-state index is 11.9. The van der Waals surface area contributed by atoms with Crippen LogP contribution < -0.4 is 5.32 Å². The van der Waals surface area contributed by atoms with E-state index in [9.17, 15) is 9.59 Å². The number of aryl methyl sites for hydroxylation is 1. The number of carboxylic acids is 1. The first-order valence-corrected chi connectivity index (χ1v) is 10.8. The number of thioether (sulfide) groups is 1. The molecule has 6 nitrogen and oxygen atoms in total. The fourth-order valence-corrected chi connectivity index (χ4v) is 4.63. The van der Waals surface area contributed by atoms with Crippen molar-refractivity contribution in [2.75, 3.05) is 12.3 Å². The number of carbonyl (C=O) groups excluding carboxylic acids is 1. The summed E-state index contributed by atoms with van der Waals surface area (Å²) in [4.78, 5) is 32.1. The molecule has 0 aliphatic carbocycles. The number of nitrogens with zero attached hydrogens (tertiary/aromatic N) is 2. The summed E-state index contributed by atoms with van der Waals surface area (Å²) in [5.41, 5.74) is 3.45. The highest BCUT2D eigenvalue weighted by Gasteiger charge is 2.14. The van der Waals surface area contributed by atoms with E-state index in [0.717, 1.165) is 26.4 Å². The molecule has 0 bridgehead atoms. The second-order valence-corrected chi connectivity index (χ2v) is 8.26. The lowest BCUT2D eigenvalue weighted by Crippen LogP contribution is -2.25. The number of carboxylic acid groups (broad SMARTS) is 1. The van der Waals surface area contributed by atoms with Gasteiger partial charge in [-0.3, -0.25) is 9.59 Å². The van der Waals surface area contributed by atoms with E-state index in [-0.39, 0.29) is 12.3 Å². The Morgan fingerprint density at radius 2 is 1.96 bits per heavy atom. The summed E-state index contributed by atoms with van der Waals surface area (Å²) in [6.07, 6.45) is 2.42. The minimum Gasteiger partial charge on any atom is -0.481 e. The molecule has 2 N–H and O–H groups in total. The molecule has 1 aromatic carbocycles. The standard InChI is InChI=1S/C20H21N3O3S2/c1-13-4-6-14(7-5-13)15-11-28-20-18(15)19(22-12-23-20)27-10-8-16(24)21-9-2-3-17(25)26/h4-7,11-12H,2-3,8-10H2,1H3,(H,21,24)(H,25,26). The van der Waals surface area contributed by atoms with E-state index in [1.165, 1.54) is 17.3 Å². The molecule has 0 unspecified atom stereocenters. The minimum absolute atomic E-state index is 0.0634. The van der Waals surface area contributed by atoms with Crippen LogP contribution in [0.15, 0.2) is 41.0 Å². The largest absolute Gasteiger partial charge is 0.481 e. The van der Waals surface area contributed by atoms with Gasteiger partial charge in [0.25, 0.3) is 0 Å². The van der Waals surface area contributed by atoms with Crippen LogP contribution in [0, 0.1) is 6.92 Å².